The van der Waals surface area contributed by atoms with Gasteiger partial charge in [0.05, 0.1) is 0 Å². The second-order valence-electron chi connectivity index (χ2n) is 6.13. The maximum absolute atomic E-state index is 6.13. The number of rotatable bonds is 2. The van der Waals surface area contributed by atoms with Crippen LogP contribution < -0.4 is 5.73 Å². The highest BCUT2D eigenvalue weighted by Gasteiger charge is 2.46. The molecule has 2 nitrogen and oxygen atoms in total. The fourth-order valence-corrected chi connectivity index (χ4v) is 4.64. The molecule has 3 heteroatoms. The van der Waals surface area contributed by atoms with Crippen molar-refractivity contribution in [2.45, 2.75) is 50.3 Å². The summed E-state index contributed by atoms with van der Waals surface area (Å²) < 4.78 is 0.405. The molecular weight excluding hydrogens is 216 g/mol. The Morgan fingerprint density at radius 2 is 2.19 bits per heavy atom. The van der Waals surface area contributed by atoms with Crippen molar-refractivity contribution in [3.05, 3.63) is 0 Å². The molecule has 0 bridgehead atoms. The van der Waals surface area contributed by atoms with Gasteiger partial charge in [-0.2, -0.15) is 11.8 Å². The Bertz CT molecular complexity index is 254. The van der Waals surface area contributed by atoms with Crippen molar-refractivity contribution < 1.29 is 0 Å². The van der Waals surface area contributed by atoms with E-state index in [4.69, 9.17) is 5.73 Å². The monoisotopic (exact) mass is 242 g/mol. The van der Waals surface area contributed by atoms with E-state index in [1.165, 1.54) is 38.1 Å². The molecule has 94 valence electrons. The Kier molecular flexibility index (Phi) is 3.58. The Morgan fingerprint density at radius 3 is 2.69 bits per heavy atom. The quantitative estimate of drug-likeness (QED) is 0.806. The second-order valence-corrected chi connectivity index (χ2v) is 7.93. The van der Waals surface area contributed by atoms with E-state index in [-0.39, 0.29) is 0 Å². The zero-order valence-corrected chi connectivity index (χ0v) is 11.8. The van der Waals surface area contributed by atoms with Gasteiger partial charge in [-0.05, 0) is 32.6 Å². The van der Waals surface area contributed by atoms with E-state index in [1.54, 1.807) is 0 Å². The summed E-state index contributed by atoms with van der Waals surface area (Å²) in [4.78, 5) is 2.71. The SMILES string of the molecule is CC1CCCC1(CN)N1CCSC(C)(C)C1. The van der Waals surface area contributed by atoms with Crippen LogP contribution in [-0.4, -0.2) is 40.6 Å². The number of nitrogens with zero attached hydrogens (tertiary/aromatic N) is 1. The minimum Gasteiger partial charge on any atom is -0.329 e. The Labute approximate surface area is 104 Å². The second kappa shape index (κ2) is 4.51. The molecule has 0 aromatic rings. The first-order valence-corrected chi connectivity index (χ1v) is 7.58. The lowest BCUT2D eigenvalue weighted by atomic mass is 9.85. The van der Waals surface area contributed by atoms with Crippen molar-refractivity contribution in [1.29, 1.82) is 0 Å². The molecular formula is C13H26N2S. The smallest absolute Gasteiger partial charge is 0.0358 e. The molecule has 1 saturated carbocycles. The van der Waals surface area contributed by atoms with Crippen LogP contribution in [0, 0.1) is 5.92 Å². The molecule has 0 spiro atoms. The molecule has 0 aromatic heterocycles. The molecule has 16 heavy (non-hydrogen) atoms. The van der Waals surface area contributed by atoms with Crippen LogP contribution >= 0.6 is 11.8 Å². The summed E-state index contributed by atoms with van der Waals surface area (Å²) in [6.07, 6.45) is 4.04. The largest absolute Gasteiger partial charge is 0.329 e. The predicted molar refractivity (Wildman–Crippen MR) is 72.9 cm³/mol. The highest BCUT2D eigenvalue weighted by atomic mass is 32.2. The van der Waals surface area contributed by atoms with Crippen LogP contribution in [0.1, 0.15) is 40.0 Å². The molecule has 1 aliphatic heterocycles. The molecule has 1 aliphatic carbocycles. The average Bonchev–Trinajstić information content (AvgIpc) is 2.59. The number of nitrogens with two attached hydrogens (primary N) is 1. The minimum atomic E-state index is 0.318. The minimum absolute atomic E-state index is 0.318. The number of hydrogen-bond donors (Lipinski definition) is 1. The molecule has 0 aromatic carbocycles. The summed E-state index contributed by atoms with van der Waals surface area (Å²) in [6.45, 7) is 10.4. The summed E-state index contributed by atoms with van der Waals surface area (Å²) in [7, 11) is 0. The zero-order valence-electron chi connectivity index (χ0n) is 11.0. The lowest BCUT2D eigenvalue weighted by molar-refractivity contribution is 0.0593. The van der Waals surface area contributed by atoms with Gasteiger partial charge in [-0.1, -0.05) is 13.3 Å². The van der Waals surface area contributed by atoms with Gasteiger partial charge in [-0.15, -0.1) is 0 Å². The van der Waals surface area contributed by atoms with Gasteiger partial charge >= 0.3 is 0 Å². The fourth-order valence-electron chi connectivity index (χ4n) is 3.53. The van der Waals surface area contributed by atoms with Crippen molar-refractivity contribution in [3.63, 3.8) is 0 Å². The first-order valence-electron chi connectivity index (χ1n) is 6.59. The van der Waals surface area contributed by atoms with E-state index in [0.29, 0.717) is 10.3 Å². The van der Waals surface area contributed by atoms with Gasteiger partial charge in [-0.3, -0.25) is 4.90 Å². The van der Waals surface area contributed by atoms with Gasteiger partial charge in [0.15, 0.2) is 0 Å². The lowest BCUT2D eigenvalue weighted by Gasteiger charge is -2.49. The molecule has 2 unspecified atom stereocenters. The zero-order chi connectivity index (χ0) is 11.8. The maximum Gasteiger partial charge on any atom is 0.0358 e. The first-order chi connectivity index (χ1) is 7.50. The number of hydrogen-bond acceptors (Lipinski definition) is 3. The fraction of sp³-hybridized carbons (Fsp3) is 1.00. The van der Waals surface area contributed by atoms with E-state index >= 15 is 0 Å². The average molecular weight is 242 g/mol. The van der Waals surface area contributed by atoms with Gasteiger partial charge in [0.25, 0.3) is 0 Å². The molecule has 0 radical (unpaired) electrons. The third-order valence-corrected chi connectivity index (χ3v) is 5.87. The van der Waals surface area contributed by atoms with Crippen LogP contribution in [0.15, 0.2) is 0 Å². The van der Waals surface area contributed by atoms with Crippen LogP contribution in [0.25, 0.3) is 0 Å². The van der Waals surface area contributed by atoms with Crippen molar-refractivity contribution in [3.8, 4) is 0 Å². The Balaban J connectivity index is 2.15. The standard InChI is InChI=1S/C13H26N2S/c1-11-5-4-6-13(11,9-14)15-7-8-16-12(2,3)10-15/h11H,4-10,14H2,1-3H3. The highest BCUT2D eigenvalue weighted by molar-refractivity contribution is 8.00. The van der Waals surface area contributed by atoms with Gasteiger partial charge in [0.1, 0.15) is 0 Å². The van der Waals surface area contributed by atoms with E-state index < -0.39 is 0 Å². The predicted octanol–water partition coefficient (Wildman–Crippen LogP) is 2.33. The molecule has 2 N–H and O–H groups in total. The van der Waals surface area contributed by atoms with E-state index in [0.717, 1.165) is 12.5 Å². The van der Waals surface area contributed by atoms with Gasteiger partial charge in [-0.25, -0.2) is 0 Å². The summed E-state index contributed by atoms with van der Waals surface area (Å²) in [6, 6.07) is 0. The Morgan fingerprint density at radius 1 is 1.44 bits per heavy atom. The molecule has 2 aliphatic rings. The summed E-state index contributed by atoms with van der Waals surface area (Å²) in [5.41, 5.74) is 6.45. The molecule has 0 amide bonds. The lowest BCUT2D eigenvalue weighted by Crippen LogP contribution is -2.60. The summed E-state index contributed by atoms with van der Waals surface area (Å²) in [5, 5.41) is 0. The molecule has 2 fully saturated rings. The van der Waals surface area contributed by atoms with E-state index in [1.807, 2.05) is 0 Å². The molecule has 1 saturated heterocycles. The van der Waals surface area contributed by atoms with Crippen LogP contribution in [0.4, 0.5) is 0 Å². The third-order valence-electron chi connectivity index (χ3n) is 4.57. The van der Waals surface area contributed by atoms with Crippen LogP contribution in [-0.2, 0) is 0 Å². The summed E-state index contributed by atoms with van der Waals surface area (Å²) >= 11 is 2.11. The Hall–Kier alpha value is 0.270. The van der Waals surface area contributed by atoms with E-state index in [2.05, 4.69) is 37.4 Å². The normalized spacial score (nSPS) is 40.1. The molecule has 1 heterocycles. The topological polar surface area (TPSA) is 29.3 Å². The van der Waals surface area contributed by atoms with Crippen molar-refractivity contribution in [2.75, 3.05) is 25.4 Å². The van der Waals surface area contributed by atoms with Crippen molar-refractivity contribution in [1.82, 2.24) is 4.90 Å². The van der Waals surface area contributed by atoms with Crippen LogP contribution in [0.3, 0.4) is 0 Å². The van der Waals surface area contributed by atoms with Crippen LogP contribution in [0.5, 0.6) is 0 Å². The first kappa shape index (κ1) is 12.7. The highest BCUT2D eigenvalue weighted by Crippen LogP contribution is 2.43. The van der Waals surface area contributed by atoms with E-state index in [9.17, 15) is 0 Å². The third kappa shape index (κ3) is 2.14. The van der Waals surface area contributed by atoms with Gasteiger partial charge < -0.3 is 5.73 Å². The summed E-state index contributed by atoms with van der Waals surface area (Å²) in [5.74, 6) is 2.04. The van der Waals surface area contributed by atoms with Crippen molar-refractivity contribution in [2.24, 2.45) is 11.7 Å². The molecule has 2 atom stereocenters. The maximum atomic E-state index is 6.13. The molecule has 2 rings (SSSR count). The van der Waals surface area contributed by atoms with Gasteiger partial charge in [0.2, 0.25) is 0 Å². The van der Waals surface area contributed by atoms with Gasteiger partial charge in [0, 0.05) is 35.7 Å². The van der Waals surface area contributed by atoms with Crippen LogP contribution in [0.2, 0.25) is 0 Å². The number of thioether (sulfide) groups is 1. The van der Waals surface area contributed by atoms with Crippen molar-refractivity contribution >= 4 is 11.8 Å².